The smallest absolute Gasteiger partial charge is 0.349 e. The Bertz CT molecular complexity index is 498. The maximum Gasteiger partial charge on any atom is 0.417 e. The number of rotatable bonds is 5. The number of amides is 1. The minimum absolute atomic E-state index is 0.169. The molecule has 0 bridgehead atoms. The summed E-state index contributed by atoms with van der Waals surface area (Å²) in [5.41, 5.74) is -1.27. The maximum atomic E-state index is 13.0. The van der Waals surface area contributed by atoms with E-state index in [9.17, 15) is 18.0 Å². The summed E-state index contributed by atoms with van der Waals surface area (Å²) in [5.74, 6) is -0.437. The Morgan fingerprint density at radius 2 is 1.86 bits per heavy atom. The zero-order valence-electron chi connectivity index (χ0n) is 12.2. The molecule has 0 aliphatic heterocycles. The predicted octanol–water partition coefficient (Wildman–Crippen LogP) is 5.02. The molecule has 0 saturated carbocycles. The standard InChI is InChI=1S/C15H19BrF3NO/c1-4-10(5-2)9(3)20-14(21)12-7-6-11(16)8-13(12)15(17,18)19/h6-10H,4-5H2,1-3H3,(H,20,21). The summed E-state index contributed by atoms with van der Waals surface area (Å²) in [7, 11) is 0. The van der Waals surface area contributed by atoms with Gasteiger partial charge in [0.25, 0.3) is 5.91 Å². The summed E-state index contributed by atoms with van der Waals surface area (Å²) in [6, 6.07) is 3.39. The molecular formula is C15H19BrF3NO. The van der Waals surface area contributed by atoms with Crippen molar-refractivity contribution in [3.05, 3.63) is 33.8 Å². The summed E-state index contributed by atoms with van der Waals surface area (Å²) in [5, 5.41) is 2.68. The zero-order chi connectivity index (χ0) is 16.2. The molecule has 2 nitrogen and oxygen atoms in total. The van der Waals surface area contributed by atoms with Gasteiger partial charge in [-0.05, 0) is 31.0 Å². The van der Waals surface area contributed by atoms with Gasteiger partial charge >= 0.3 is 6.18 Å². The molecule has 0 fully saturated rings. The van der Waals surface area contributed by atoms with Gasteiger partial charge in [-0.2, -0.15) is 13.2 Å². The first-order valence-corrected chi connectivity index (χ1v) is 7.67. The Morgan fingerprint density at radius 1 is 1.29 bits per heavy atom. The second kappa shape index (κ2) is 7.29. The van der Waals surface area contributed by atoms with E-state index >= 15 is 0 Å². The fraction of sp³-hybridized carbons (Fsp3) is 0.533. The third-order valence-electron chi connectivity index (χ3n) is 3.65. The van der Waals surface area contributed by atoms with Gasteiger partial charge in [-0.3, -0.25) is 4.79 Å². The van der Waals surface area contributed by atoms with Crippen LogP contribution < -0.4 is 5.32 Å². The van der Waals surface area contributed by atoms with Crippen molar-refractivity contribution in [2.45, 2.75) is 45.8 Å². The van der Waals surface area contributed by atoms with E-state index in [1.807, 2.05) is 20.8 Å². The van der Waals surface area contributed by atoms with E-state index in [1.165, 1.54) is 12.1 Å². The molecule has 1 aromatic carbocycles. The molecule has 0 radical (unpaired) electrons. The minimum Gasteiger partial charge on any atom is -0.349 e. The molecule has 1 atom stereocenters. The van der Waals surface area contributed by atoms with E-state index in [4.69, 9.17) is 0 Å². The lowest BCUT2D eigenvalue weighted by Crippen LogP contribution is -2.38. The molecule has 0 aromatic heterocycles. The monoisotopic (exact) mass is 365 g/mol. The molecule has 1 unspecified atom stereocenters. The van der Waals surface area contributed by atoms with Crippen molar-refractivity contribution in [3.8, 4) is 0 Å². The SMILES string of the molecule is CCC(CC)C(C)NC(=O)c1ccc(Br)cc1C(F)(F)F. The van der Waals surface area contributed by atoms with Crippen molar-refractivity contribution in [3.63, 3.8) is 0 Å². The Hall–Kier alpha value is -1.04. The topological polar surface area (TPSA) is 29.1 Å². The third kappa shape index (κ3) is 4.73. The highest BCUT2D eigenvalue weighted by Gasteiger charge is 2.35. The van der Waals surface area contributed by atoms with Crippen LogP contribution in [0.2, 0.25) is 0 Å². The van der Waals surface area contributed by atoms with Crippen LogP contribution in [0, 0.1) is 5.92 Å². The largest absolute Gasteiger partial charge is 0.417 e. The van der Waals surface area contributed by atoms with Gasteiger partial charge in [-0.15, -0.1) is 0 Å². The molecule has 118 valence electrons. The summed E-state index contributed by atoms with van der Waals surface area (Å²) in [6.45, 7) is 5.82. The zero-order valence-corrected chi connectivity index (χ0v) is 13.8. The first-order chi connectivity index (χ1) is 9.70. The maximum absolute atomic E-state index is 13.0. The van der Waals surface area contributed by atoms with E-state index in [-0.39, 0.29) is 17.5 Å². The van der Waals surface area contributed by atoms with Crippen molar-refractivity contribution in [1.82, 2.24) is 5.32 Å². The number of halogens is 4. The summed E-state index contributed by atoms with van der Waals surface area (Å²) < 4.78 is 39.3. The molecule has 0 spiro atoms. The average molecular weight is 366 g/mol. The Labute approximate surface area is 131 Å². The predicted molar refractivity (Wildman–Crippen MR) is 80.1 cm³/mol. The molecule has 0 aliphatic rings. The lowest BCUT2D eigenvalue weighted by atomic mass is 9.95. The van der Waals surface area contributed by atoms with Gasteiger partial charge in [0.1, 0.15) is 0 Å². The number of nitrogens with one attached hydrogen (secondary N) is 1. The van der Waals surface area contributed by atoms with Crippen molar-refractivity contribution in [2.24, 2.45) is 5.92 Å². The molecule has 0 aliphatic carbocycles. The number of carbonyl (C=O) groups is 1. The van der Waals surface area contributed by atoms with Crippen LogP contribution in [-0.4, -0.2) is 11.9 Å². The molecule has 21 heavy (non-hydrogen) atoms. The fourth-order valence-corrected chi connectivity index (χ4v) is 2.71. The van der Waals surface area contributed by atoms with E-state index in [0.717, 1.165) is 18.9 Å². The first-order valence-electron chi connectivity index (χ1n) is 6.88. The van der Waals surface area contributed by atoms with E-state index in [1.54, 1.807) is 0 Å². The van der Waals surface area contributed by atoms with Gasteiger partial charge in [0.05, 0.1) is 11.1 Å². The minimum atomic E-state index is -4.56. The van der Waals surface area contributed by atoms with Gasteiger partial charge in [0.15, 0.2) is 0 Å². The van der Waals surface area contributed by atoms with Crippen LogP contribution >= 0.6 is 15.9 Å². The second-order valence-electron chi connectivity index (χ2n) is 5.03. The molecule has 0 saturated heterocycles. The second-order valence-corrected chi connectivity index (χ2v) is 5.94. The van der Waals surface area contributed by atoms with E-state index < -0.39 is 17.6 Å². The Morgan fingerprint density at radius 3 is 2.33 bits per heavy atom. The lowest BCUT2D eigenvalue weighted by molar-refractivity contribution is -0.138. The van der Waals surface area contributed by atoms with Crippen LogP contribution in [0.25, 0.3) is 0 Å². The van der Waals surface area contributed by atoms with E-state index in [0.29, 0.717) is 4.47 Å². The van der Waals surface area contributed by atoms with Gasteiger partial charge in [-0.25, -0.2) is 0 Å². The summed E-state index contributed by atoms with van der Waals surface area (Å²) in [6.07, 6.45) is -2.83. The van der Waals surface area contributed by atoms with Crippen molar-refractivity contribution in [1.29, 1.82) is 0 Å². The summed E-state index contributed by atoms with van der Waals surface area (Å²) in [4.78, 5) is 12.1. The molecule has 1 amide bonds. The molecular weight excluding hydrogens is 347 g/mol. The van der Waals surface area contributed by atoms with Gasteiger partial charge in [0.2, 0.25) is 0 Å². The first kappa shape index (κ1) is 18.0. The van der Waals surface area contributed by atoms with Crippen molar-refractivity contribution in [2.75, 3.05) is 0 Å². The Kier molecular flexibility index (Phi) is 6.25. The van der Waals surface area contributed by atoms with Crippen molar-refractivity contribution >= 4 is 21.8 Å². The van der Waals surface area contributed by atoms with Crippen LogP contribution in [0.4, 0.5) is 13.2 Å². The van der Waals surface area contributed by atoms with E-state index in [2.05, 4.69) is 21.2 Å². The fourth-order valence-electron chi connectivity index (χ4n) is 2.35. The van der Waals surface area contributed by atoms with Crippen LogP contribution in [-0.2, 0) is 6.18 Å². The van der Waals surface area contributed by atoms with Gasteiger partial charge in [0, 0.05) is 10.5 Å². The highest BCUT2D eigenvalue weighted by molar-refractivity contribution is 9.10. The number of carbonyl (C=O) groups excluding carboxylic acids is 1. The number of alkyl halides is 3. The van der Waals surface area contributed by atoms with Crippen LogP contribution in [0.1, 0.15) is 49.5 Å². The molecule has 6 heteroatoms. The van der Waals surface area contributed by atoms with Crippen LogP contribution in [0.15, 0.2) is 22.7 Å². The van der Waals surface area contributed by atoms with Gasteiger partial charge < -0.3 is 5.32 Å². The van der Waals surface area contributed by atoms with Crippen molar-refractivity contribution < 1.29 is 18.0 Å². The third-order valence-corrected chi connectivity index (χ3v) is 4.14. The number of hydrogen-bond acceptors (Lipinski definition) is 1. The number of benzene rings is 1. The molecule has 0 heterocycles. The summed E-state index contributed by atoms with van der Waals surface area (Å²) >= 11 is 3.00. The highest BCUT2D eigenvalue weighted by atomic mass is 79.9. The number of hydrogen-bond donors (Lipinski definition) is 1. The molecule has 1 aromatic rings. The molecule has 1 N–H and O–H groups in total. The van der Waals surface area contributed by atoms with Crippen LogP contribution in [0.3, 0.4) is 0 Å². The van der Waals surface area contributed by atoms with Gasteiger partial charge in [-0.1, -0.05) is 42.6 Å². The average Bonchev–Trinajstić information content (AvgIpc) is 2.38. The quantitative estimate of drug-likeness (QED) is 0.779. The Balaban J connectivity index is 3.03. The lowest BCUT2D eigenvalue weighted by Gasteiger charge is -2.23. The highest BCUT2D eigenvalue weighted by Crippen LogP contribution is 2.34. The van der Waals surface area contributed by atoms with Crippen LogP contribution in [0.5, 0.6) is 0 Å². The molecule has 1 rings (SSSR count). The normalized spacial score (nSPS) is 13.3.